The minimum Gasteiger partial charge on any atom is -0.396 e. The molecule has 1 aliphatic carbocycles. The second-order valence-corrected chi connectivity index (χ2v) is 8.78. The van der Waals surface area contributed by atoms with Crippen LogP contribution in [0.4, 0.5) is 10.1 Å². The van der Waals surface area contributed by atoms with Crippen molar-refractivity contribution in [3.05, 3.63) is 52.1 Å². The van der Waals surface area contributed by atoms with E-state index in [0.717, 1.165) is 25.3 Å². The minimum atomic E-state index is -0.681. The lowest BCUT2D eigenvalue weighted by Gasteiger charge is -2.34. The number of benzene rings is 1. The third-order valence-electron chi connectivity index (χ3n) is 6.58. The molecule has 8 heteroatoms. The molecule has 1 aliphatic rings. The number of nitriles is 1. The van der Waals surface area contributed by atoms with Crippen LogP contribution in [-0.2, 0) is 11.8 Å². The maximum absolute atomic E-state index is 13.6. The molecule has 2 aromatic rings. The van der Waals surface area contributed by atoms with Gasteiger partial charge in [-0.15, -0.1) is 0 Å². The van der Waals surface area contributed by atoms with E-state index in [0.29, 0.717) is 29.5 Å². The highest BCUT2D eigenvalue weighted by Crippen LogP contribution is 2.36. The predicted molar refractivity (Wildman–Crippen MR) is 120 cm³/mol. The summed E-state index contributed by atoms with van der Waals surface area (Å²) in [5, 5.41) is 20.7. The first-order valence-electron chi connectivity index (χ1n) is 11.0. The number of rotatable bonds is 9. The summed E-state index contributed by atoms with van der Waals surface area (Å²) in [4.78, 5) is 38.4. The lowest BCUT2D eigenvalue weighted by molar-refractivity contribution is -0.115. The van der Waals surface area contributed by atoms with Gasteiger partial charge in [-0.2, -0.15) is 5.26 Å². The fourth-order valence-corrected chi connectivity index (χ4v) is 4.57. The summed E-state index contributed by atoms with van der Waals surface area (Å²) in [6, 6.07) is 5.41. The highest BCUT2D eigenvalue weighted by molar-refractivity contribution is 6.43. The van der Waals surface area contributed by atoms with Gasteiger partial charge in [0.05, 0.1) is 16.8 Å². The van der Waals surface area contributed by atoms with Crippen molar-refractivity contribution in [3.8, 4) is 6.07 Å². The molecule has 174 valence electrons. The molecule has 0 aliphatic heterocycles. The molecule has 33 heavy (non-hydrogen) atoms. The van der Waals surface area contributed by atoms with Crippen LogP contribution < -0.4 is 5.32 Å². The van der Waals surface area contributed by atoms with Gasteiger partial charge in [0.1, 0.15) is 11.9 Å². The van der Waals surface area contributed by atoms with E-state index in [4.69, 9.17) is 10.4 Å². The van der Waals surface area contributed by atoms with Gasteiger partial charge in [0, 0.05) is 31.5 Å². The summed E-state index contributed by atoms with van der Waals surface area (Å²) in [7, 11) is 1.63. The Morgan fingerprint density at radius 3 is 2.58 bits per heavy atom. The lowest BCUT2D eigenvalue weighted by Crippen LogP contribution is -2.26. The average Bonchev–Trinajstić information content (AvgIpc) is 2.98. The van der Waals surface area contributed by atoms with Crippen LogP contribution in [0.3, 0.4) is 0 Å². The van der Waals surface area contributed by atoms with E-state index in [-0.39, 0.29) is 35.5 Å². The largest absolute Gasteiger partial charge is 0.396 e. The van der Waals surface area contributed by atoms with Crippen molar-refractivity contribution in [2.24, 2.45) is 18.9 Å². The quantitative estimate of drug-likeness (QED) is 0.442. The number of hydrogen-bond acceptors (Lipinski definition) is 5. The number of amides is 1. The molecule has 1 fully saturated rings. The Kier molecular flexibility index (Phi) is 7.44. The van der Waals surface area contributed by atoms with E-state index in [1.165, 1.54) is 12.1 Å². The monoisotopic (exact) mass is 453 g/mol. The van der Waals surface area contributed by atoms with Gasteiger partial charge < -0.3 is 15.0 Å². The Labute approximate surface area is 192 Å². The van der Waals surface area contributed by atoms with E-state index < -0.39 is 23.3 Å². The molecule has 1 amide bonds. The summed E-state index contributed by atoms with van der Waals surface area (Å²) in [5.41, 5.74) is 1.43. The lowest BCUT2D eigenvalue weighted by atomic mass is 9.73. The topological polar surface area (TPSA) is 112 Å². The number of aliphatic hydroxyl groups is 1. The van der Waals surface area contributed by atoms with Crippen LogP contribution in [0.15, 0.2) is 18.2 Å². The van der Waals surface area contributed by atoms with Gasteiger partial charge in [0.15, 0.2) is 0 Å². The summed E-state index contributed by atoms with van der Waals surface area (Å²) >= 11 is 0. The second-order valence-electron chi connectivity index (χ2n) is 8.78. The first-order valence-corrected chi connectivity index (χ1v) is 11.0. The number of nitrogens with one attached hydrogen (secondary N) is 1. The Bertz CT molecular complexity index is 1140. The number of aliphatic hydroxyl groups excluding tert-OH is 1. The zero-order valence-corrected chi connectivity index (χ0v) is 19.1. The van der Waals surface area contributed by atoms with Crippen LogP contribution in [0.1, 0.15) is 69.8 Å². The molecule has 1 saturated carbocycles. The van der Waals surface area contributed by atoms with Crippen LogP contribution in [0, 0.1) is 42.8 Å². The van der Waals surface area contributed by atoms with Crippen molar-refractivity contribution < 1.29 is 23.9 Å². The fraction of sp³-hybridized carbons (Fsp3) is 0.440. The average molecular weight is 454 g/mol. The molecule has 0 spiro atoms. The summed E-state index contributed by atoms with van der Waals surface area (Å²) in [5.74, 6) is -1.42. The van der Waals surface area contributed by atoms with Gasteiger partial charge in [-0.05, 0) is 75.1 Å². The van der Waals surface area contributed by atoms with Crippen molar-refractivity contribution in [1.29, 1.82) is 5.26 Å². The first kappa shape index (κ1) is 24.3. The molecule has 0 atom stereocenters. The molecule has 1 heterocycles. The van der Waals surface area contributed by atoms with Gasteiger partial charge >= 0.3 is 0 Å². The third-order valence-corrected chi connectivity index (χ3v) is 6.58. The van der Waals surface area contributed by atoms with Gasteiger partial charge in [-0.25, -0.2) is 4.39 Å². The number of carbonyl (C=O) groups excluding carboxylic acids is 3. The third kappa shape index (κ3) is 5.04. The van der Waals surface area contributed by atoms with Crippen molar-refractivity contribution in [2.75, 3.05) is 11.9 Å². The van der Waals surface area contributed by atoms with Crippen molar-refractivity contribution in [2.45, 2.75) is 46.0 Å². The molecule has 3 rings (SSSR count). The van der Waals surface area contributed by atoms with Crippen LogP contribution >= 0.6 is 0 Å². The molecule has 2 N–H and O–H groups in total. The number of ketones is 2. The molecular weight excluding hydrogens is 425 g/mol. The van der Waals surface area contributed by atoms with Crippen LogP contribution in [0.2, 0.25) is 0 Å². The Hall–Kier alpha value is -3.31. The van der Waals surface area contributed by atoms with E-state index in [2.05, 4.69) is 5.32 Å². The van der Waals surface area contributed by atoms with Gasteiger partial charge in [-0.3, -0.25) is 14.4 Å². The zero-order chi connectivity index (χ0) is 24.3. The molecule has 0 radical (unpaired) electrons. The van der Waals surface area contributed by atoms with E-state index in [9.17, 15) is 18.8 Å². The van der Waals surface area contributed by atoms with Crippen molar-refractivity contribution >= 4 is 23.2 Å². The Balaban J connectivity index is 1.70. The highest BCUT2D eigenvalue weighted by Gasteiger charge is 2.30. The number of Topliss-reactive ketones (excluding diaryl/α,β-unsaturated/α-hetero) is 2. The van der Waals surface area contributed by atoms with Gasteiger partial charge in [0.2, 0.25) is 11.6 Å². The molecule has 0 unspecified atom stereocenters. The van der Waals surface area contributed by atoms with E-state index >= 15 is 0 Å². The van der Waals surface area contributed by atoms with Crippen LogP contribution in [0.5, 0.6) is 0 Å². The Morgan fingerprint density at radius 1 is 1.24 bits per heavy atom. The first-order chi connectivity index (χ1) is 15.7. The number of nitrogens with zero attached hydrogens (tertiary/aromatic N) is 2. The molecular formula is C25H28FN3O4. The molecule has 0 saturated heterocycles. The smallest absolute Gasteiger partial charge is 0.257 e. The van der Waals surface area contributed by atoms with Crippen molar-refractivity contribution in [3.63, 3.8) is 0 Å². The number of aromatic nitrogens is 1. The van der Waals surface area contributed by atoms with E-state index in [1.807, 2.05) is 0 Å². The molecule has 0 bridgehead atoms. The van der Waals surface area contributed by atoms with Crippen LogP contribution in [-0.4, -0.2) is 33.8 Å². The fourth-order valence-electron chi connectivity index (χ4n) is 4.57. The molecule has 1 aromatic heterocycles. The summed E-state index contributed by atoms with van der Waals surface area (Å²) < 4.78 is 15.1. The van der Waals surface area contributed by atoms with Crippen molar-refractivity contribution in [1.82, 2.24) is 4.57 Å². The maximum Gasteiger partial charge on any atom is 0.257 e. The van der Waals surface area contributed by atoms with Crippen LogP contribution in [0.25, 0.3) is 0 Å². The molecule has 7 nitrogen and oxygen atoms in total. The number of halogens is 1. The standard InChI is InChI=1S/C25H28FN3O4/c1-14-22(25(33)28-19-7-8-20(26)18(11-19)12-27)15(2)29(3)23(14)24(32)21(31)6-4-5-16-9-17(10-16)13-30/h7-8,11,16-17,30H,4-6,9-10,13H2,1-3H3,(H,28,33)/t16-,17+. The summed E-state index contributed by atoms with van der Waals surface area (Å²) in [6.45, 7) is 3.51. The van der Waals surface area contributed by atoms with Gasteiger partial charge in [0.25, 0.3) is 5.91 Å². The van der Waals surface area contributed by atoms with E-state index in [1.54, 1.807) is 31.5 Å². The summed E-state index contributed by atoms with van der Waals surface area (Å²) in [6.07, 6.45) is 3.57. The Morgan fingerprint density at radius 2 is 1.94 bits per heavy atom. The number of anilines is 1. The minimum absolute atomic E-state index is 0.150. The highest BCUT2D eigenvalue weighted by atomic mass is 19.1. The number of hydrogen-bond donors (Lipinski definition) is 2. The van der Waals surface area contributed by atoms with Gasteiger partial charge in [-0.1, -0.05) is 0 Å². The normalized spacial score (nSPS) is 17.2. The maximum atomic E-state index is 13.6. The second kappa shape index (κ2) is 10.1. The predicted octanol–water partition coefficient (Wildman–Crippen LogP) is 3.85. The SMILES string of the molecule is Cc1c(C(=O)Nc2ccc(F)c(C#N)c2)c(C)n(C)c1C(=O)C(=O)CCC[C@H]1C[C@@H](CO)C1. The number of carbonyl (C=O) groups is 3. The molecule has 1 aromatic carbocycles. The zero-order valence-electron chi connectivity index (χ0n) is 19.1.